The molecule has 0 aliphatic heterocycles. The monoisotopic (exact) mass is 241 g/mol. The van der Waals surface area contributed by atoms with Crippen molar-refractivity contribution >= 4 is 5.69 Å². The summed E-state index contributed by atoms with van der Waals surface area (Å²) >= 11 is 0. The maximum atomic E-state index is 5.89. The van der Waals surface area contributed by atoms with E-state index >= 15 is 0 Å². The Bertz CT molecular complexity index is 473. The molecule has 0 aromatic heterocycles. The Morgan fingerprint density at radius 2 is 1.78 bits per heavy atom. The van der Waals surface area contributed by atoms with Gasteiger partial charge in [0.15, 0.2) is 0 Å². The fourth-order valence-electron chi connectivity index (χ4n) is 1.97. The van der Waals surface area contributed by atoms with Gasteiger partial charge in [-0.05, 0) is 37.0 Å². The van der Waals surface area contributed by atoms with E-state index < -0.39 is 0 Å². The standard InChI is InChI=1S/C16H19NO/c1-13-7-5-11-15(17)16(13)18-12-6-10-14-8-3-2-4-9-14/h2-5,7-9,11H,6,10,12,17H2,1H3. The molecule has 94 valence electrons. The summed E-state index contributed by atoms with van der Waals surface area (Å²) in [6.45, 7) is 2.72. The van der Waals surface area contributed by atoms with Crippen LogP contribution in [-0.2, 0) is 6.42 Å². The first-order chi connectivity index (χ1) is 8.77. The van der Waals surface area contributed by atoms with Crippen molar-refractivity contribution in [2.75, 3.05) is 12.3 Å². The number of nitrogen functional groups attached to an aromatic ring is 1. The van der Waals surface area contributed by atoms with Gasteiger partial charge in [-0.25, -0.2) is 0 Å². The van der Waals surface area contributed by atoms with E-state index in [9.17, 15) is 0 Å². The largest absolute Gasteiger partial charge is 0.491 e. The van der Waals surface area contributed by atoms with Crippen molar-refractivity contribution in [2.24, 2.45) is 0 Å². The molecule has 0 spiro atoms. The lowest BCUT2D eigenvalue weighted by Gasteiger charge is -2.11. The molecule has 18 heavy (non-hydrogen) atoms. The number of hydrogen-bond acceptors (Lipinski definition) is 2. The summed E-state index contributed by atoms with van der Waals surface area (Å²) in [7, 11) is 0. The molecular weight excluding hydrogens is 222 g/mol. The van der Waals surface area contributed by atoms with E-state index in [-0.39, 0.29) is 0 Å². The lowest BCUT2D eigenvalue weighted by atomic mass is 10.1. The molecule has 0 saturated heterocycles. The van der Waals surface area contributed by atoms with Crippen LogP contribution in [0.1, 0.15) is 17.5 Å². The maximum Gasteiger partial charge on any atom is 0.145 e. The summed E-state index contributed by atoms with van der Waals surface area (Å²) in [5, 5.41) is 0. The van der Waals surface area contributed by atoms with Crippen molar-refractivity contribution < 1.29 is 4.74 Å². The molecule has 0 aliphatic carbocycles. The van der Waals surface area contributed by atoms with Gasteiger partial charge in [0.1, 0.15) is 5.75 Å². The first-order valence-corrected chi connectivity index (χ1v) is 6.29. The minimum atomic E-state index is 0.698. The second-order valence-electron chi connectivity index (χ2n) is 4.43. The van der Waals surface area contributed by atoms with E-state index in [0.29, 0.717) is 6.61 Å². The molecule has 0 fully saturated rings. The minimum absolute atomic E-state index is 0.698. The molecule has 0 aliphatic rings. The lowest BCUT2D eigenvalue weighted by molar-refractivity contribution is 0.310. The van der Waals surface area contributed by atoms with Crippen molar-refractivity contribution in [3.8, 4) is 5.75 Å². The fraction of sp³-hybridized carbons (Fsp3) is 0.250. The normalized spacial score (nSPS) is 10.3. The molecule has 2 nitrogen and oxygen atoms in total. The topological polar surface area (TPSA) is 35.2 Å². The van der Waals surface area contributed by atoms with Gasteiger partial charge in [-0.15, -0.1) is 0 Å². The SMILES string of the molecule is Cc1cccc(N)c1OCCCc1ccccc1. The average molecular weight is 241 g/mol. The highest BCUT2D eigenvalue weighted by molar-refractivity contribution is 5.56. The molecule has 0 radical (unpaired) electrons. The fourth-order valence-corrected chi connectivity index (χ4v) is 1.97. The molecule has 2 N–H and O–H groups in total. The predicted octanol–water partition coefficient (Wildman–Crippen LogP) is 3.59. The van der Waals surface area contributed by atoms with Crippen molar-refractivity contribution in [3.63, 3.8) is 0 Å². The Labute approximate surface area is 108 Å². The Kier molecular flexibility index (Phi) is 4.24. The second kappa shape index (κ2) is 6.10. The van der Waals surface area contributed by atoms with Gasteiger partial charge in [0.2, 0.25) is 0 Å². The van der Waals surface area contributed by atoms with E-state index in [1.807, 2.05) is 31.2 Å². The third-order valence-corrected chi connectivity index (χ3v) is 2.94. The van der Waals surface area contributed by atoms with Crippen LogP contribution in [0.25, 0.3) is 0 Å². The smallest absolute Gasteiger partial charge is 0.145 e. The van der Waals surface area contributed by atoms with Gasteiger partial charge in [0.05, 0.1) is 12.3 Å². The van der Waals surface area contributed by atoms with Crippen LogP contribution in [0.4, 0.5) is 5.69 Å². The number of rotatable bonds is 5. The van der Waals surface area contributed by atoms with Crippen LogP contribution in [0, 0.1) is 6.92 Å². The molecule has 2 heteroatoms. The first-order valence-electron chi connectivity index (χ1n) is 6.29. The van der Waals surface area contributed by atoms with E-state index in [4.69, 9.17) is 10.5 Å². The Balaban J connectivity index is 1.82. The molecule has 0 saturated carbocycles. The van der Waals surface area contributed by atoms with Crippen LogP contribution >= 0.6 is 0 Å². The zero-order valence-electron chi connectivity index (χ0n) is 10.7. The summed E-state index contributed by atoms with van der Waals surface area (Å²) in [4.78, 5) is 0. The van der Waals surface area contributed by atoms with E-state index in [2.05, 4.69) is 24.3 Å². The highest BCUT2D eigenvalue weighted by atomic mass is 16.5. The number of ether oxygens (including phenoxy) is 1. The van der Waals surface area contributed by atoms with Gasteiger partial charge >= 0.3 is 0 Å². The van der Waals surface area contributed by atoms with Crippen molar-refractivity contribution in [2.45, 2.75) is 19.8 Å². The average Bonchev–Trinajstić information content (AvgIpc) is 2.38. The minimum Gasteiger partial charge on any atom is -0.491 e. The van der Waals surface area contributed by atoms with Crippen LogP contribution < -0.4 is 10.5 Å². The van der Waals surface area contributed by atoms with Crippen LogP contribution in [0.2, 0.25) is 0 Å². The zero-order valence-corrected chi connectivity index (χ0v) is 10.7. The summed E-state index contributed by atoms with van der Waals surface area (Å²) in [6, 6.07) is 16.3. The van der Waals surface area contributed by atoms with Crippen LogP contribution in [-0.4, -0.2) is 6.61 Å². The Morgan fingerprint density at radius 3 is 2.50 bits per heavy atom. The zero-order chi connectivity index (χ0) is 12.8. The number of aryl methyl sites for hydroxylation is 2. The summed E-state index contributed by atoms with van der Waals surface area (Å²) in [5.41, 5.74) is 9.05. The van der Waals surface area contributed by atoms with E-state index in [0.717, 1.165) is 29.8 Å². The van der Waals surface area contributed by atoms with Crippen LogP contribution in [0.5, 0.6) is 5.75 Å². The van der Waals surface area contributed by atoms with Gasteiger partial charge in [-0.3, -0.25) is 0 Å². The molecular formula is C16H19NO. The molecule has 0 heterocycles. The Morgan fingerprint density at radius 1 is 1.00 bits per heavy atom. The molecule has 2 rings (SSSR count). The molecule has 2 aromatic carbocycles. The number of nitrogens with two attached hydrogens (primary N) is 1. The molecule has 0 atom stereocenters. The van der Waals surface area contributed by atoms with E-state index in [1.165, 1.54) is 5.56 Å². The highest BCUT2D eigenvalue weighted by Crippen LogP contribution is 2.25. The maximum absolute atomic E-state index is 5.89. The molecule has 0 bridgehead atoms. The van der Waals surface area contributed by atoms with Crippen molar-refractivity contribution in [1.29, 1.82) is 0 Å². The number of para-hydroxylation sites is 1. The first kappa shape index (κ1) is 12.5. The Hall–Kier alpha value is -1.96. The summed E-state index contributed by atoms with van der Waals surface area (Å²) in [6.07, 6.45) is 2.03. The van der Waals surface area contributed by atoms with Crippen LogP contribution in [0.15, 0.2) is 48.5 Å². The van der Waals surface area contributed by atoms with Crippen molar-refractivity contribution in [3.05, 3.63) is 59.7 Å². The lowest BCUT2D eigenvalue weighted by Crippen LogP contribution is -2.03. The number of benzene rings is 2. The van der Waals surface area contributed by atoms with E-state index in [1.54, 1.807) is 0 Å². The van der Waals surface area contributed by atoms with Gasteiger partial charge < -0.3 is 10.5 Å². The molecule has 0 amide bonds. The number of anilines is 1. The number of hydrogen-bond donors (Lipinski definition) is 1. The summed E-state index contributed by atoms with van der Waals surface area (Å²) < 4.78 is 5.76. The highest BCUT2D eigenvalue weighted by Gasteiger charge is 2.03. The van der Waals surface area contributed by atoms with Gasteiger partial charge in [0.25, 0.3) is 0 Å². The third-order valence-electron chi connectivity index (χ3n) is 2.94. The quantitative estimate of drug-likeness (QED) is 0.641. The molecule has 2 aromatic rings. The summed E-state index contributed by atoms with van der Waals surface area (Å²) in [5.74, 6) is 0.825. The van der Waals surface area contributed by atoms with Gasteiger partial charge in [-0.1, -0.05) is 42.5 Å². The third kappa shape index (κ3) is 3.27. The van der Waals surface area contributed by atoms with Gasteiger partial charge in [0, 0.05) is 0 Å². The second-order valence-corrected chi connectivity index (χ2v) is 4.43. The van der Waals surface area contributed by atoms with Gasteiger partial charge in [-0.2, -0.15) is 0 Å². The molecule has 0 unspecified atom stereocenters. The van der Waals surface area contributed by atoms with Crippen LogP contribution in [0.3, 0.4) is 0 Å². The predicted molar refractivity (Wildman–Crippen MR) is 75.8 cm³/mol. The van der Waals surface area contributed by atoms with Crippen molar-refractivity contribution in [1.82, 2.24) is 0 Å².